The fraction of sp³-hybridized carbons (Fsp3) is 0.444. The van der Waals surface area contributed by atoms with Crippen molar-refractivity contribution in [3.05, 3.63) is 22.7 Å². The summed E-state index contributed by atoms with van der Waals surface area (Å²) >= 11 is 5.84. The molecule has 0 saturated heterocycles. The normalized spacial score (nSPS) is 11.4. The summed E-state index contributed by atoms with van der Waals surface area (Å²) in [7, 11) is 0. The smallest absolute Gasteiger partial charge is 0.354 e. The van der Waals surface area contributed by atoms with Crippen molar-refractivity contribution in [2.45, 2.75) is 26.2 Å². The molecule has 5 heteroatoms. The standard InChI is InChI=1S/C9H11ClN2O2/c1-9(2,3)5-6(8(13)14)11-4-12-7(5)10/h4H,1-3H3,(H,13,14). The van der Waals surface area contributed by atoms with Crippen LogP contribution in [0, 0.1) is 0 Å². The highest BCUT2D eigenvalue weighted by Gasteiger charge is 2.26. The van der Waals surface area contributed by atoms with Crippen molar-refractivity contribution in [2.75, 3.05) is 0 Å². The van der Waals surface area contributed by atoms with Gasteiger partial charge in [-0.25, -0.2) is 14.8 Å². The molecule has 14 heavy (non-hydrogen) atoms. The summed E-state index contributed by atoms with van der Waals surface area (Å²) in [5.41, 5.74) is 0.0539. The van der Waals surface area contributed by atoms with E-state index in [4.69, 9.17) is 16.7 Å². The van der Waals surface area contributed by atoms with Crippen LogP contribution in [-0.2, 0) is 5.41 Å². The maximum atomic E-state index is 10.9. The second-order valence-corrected chi connectivity index (χ2v) is 4.30. The van der Waals surface area contributed by atoms with Crippen molar-refractivity contribution in [1.29, 1.82) is 0 Å². The van der Waals surface area contributed by atoms with Crippen LogP contribution in [0.3, 0.4) is 0 Å². The van der Waals surface area contributed by atoms with Crippen molar-refractivity contribution in [3.8, 4) is 0 Å². The molecule has 0 aromatic carbocycles. The molecule has 1 heterocycles. The summed E-state index contributed by atoms with van der Waals surface area (Å²) in [6, 6.07) is 0. The van der Waals surface area contributed by atoms with E-state index in [1.165, 1.54) is 0 Å². The lowest BCUT2D eigenvalue weighted by Crippen LogP contribution is -2.19. The van der Waals surface area contributed by atoms with Gasteiger partial charge in [-0.3, -0.25) is 0 Å². The Morgan fingerprint density at radius 3 is 2.36 bits per heavy atom. The first-order chi connectivity index (χ1) is 6.34. The van der Waals surface area contributed by atoms with Crippen molar-refractivity contribution >= 4 is 17.6 Å². The number of carboxylic acid groups (broad SMARTS) is 1. The molecule has 0 amide bonds. The van der Waals surface area contributed by atoms with Crippen molar-refractivity contribution < 1.29 is 9.90 Å². The van der Waals surface area contributed by atoms with Crippen LogP contribution in [-0.4, -0.2) is 21.0 Å². The average molecular weight is 215 g/mol. The molecule has 4 nitrogen and oxygen atoms in total. The number of carboxylic acids is 1. The van der Waals surface area contributed by atoms with E-state index in [0.717, 1.165) is 6.33 Å². The van der Waals surface area contributed by atoms with Crippen LogP contribution >= 0.6 is 11.6 Å². The second kappa shape index (κ2) is 3.53. The maximum absolute atomic E-state index is 10.9. The fourth-order valence-electron chi connectivity index (χ4n) is 1.19. The Labute approximate surface area is 87.0 Å². The molecule has 0 saturated carbocycles. The third-order valence-corrected chi connectivity index (χ3v) is 2.04. The summed E-state index contributed by atoms with van der Waals surface area (Å²) in [4.78, 5) is 18.4. The Kier molecular flexibility index (Phi) is 2.76. The average Bonchev–Trinajstić information content (AvgIpc) is 2.01. The number of aromatic carboxylic acids is 1. The summed E-state index contributed by atoms with van der Waals surface area (Å²) in [6.07, 6.45) is 1.15. The van der Waals surface area contributed by atoms with Crippen LogP contribution in [0.4, 0.5) is 0 Å². The molecule has 0 aliphatic rings. The van der Waals surface area contributed by atoms with Gasteiger partial charge in [-0.05, 0) is 5.41 Å². The summed E-state index contributed by atoms with van der Waals surface area (Å²) < 4.78 is 0. The molecule has 0 radical (unpaired) electrons. The van der Waals surface area contributed by atoms with E-state index in [0.29, 0.717) is 5.56 Å². The van der Waals surface area contributed by atoms with Crippen LogP contribution in [0.1, 0.15) is 36.8 Å². The Morgan fingerprint density at radius 2 is 2.00 bits per heavy atom. The summed E-state index contributed by atoms with van der Waals surface area (Å²) in [6.45, 7) is 5.60. The van der Waals surface area contributed by atoms with Gasteiger partial charge in [0.15, 0.2) is 5.69 Å². The maximum Gasteiger partial charge on any atom is 0.354 e. The summed E-state index contributed by atoms with van der Waals surface area (Å²) in [5, 5.41) is 9.10. The topological polar surface area (TPSA) is 63.1 Å². The van der Waals surface area contributed by atoms with E-state index in [1.54, 1.807) is 0 Å². The molecular formula is C9H11ClN2O2. The molecule has 0 unspecified atom stereocenters. The minimum Gasteiger partial charge on any atom is -0.476 e. The number of rotatable bonds is 1. The molecule has 76 valence electrons. The minimum absolute atomic E-state index is 0.0301. The molecule has 1 aromatic heterocycles. The largest absolute Gasteiger partial charge is 0.476 e. The van der Waals surface area contributed by atoms with Crippen molar-refractivity contribution in [2.24, 2.45) is 0 Å². The van der Waals surface area contributed by atoms with Crippen LogP contribution < -0.4 is 0 Å². The highest BCUT2D eigenvalue weighted by atomic mass is 35.5. The molecule has 1 rings (SSSR count). The highest BCUT2D eigenvalue weighted by Crippen LogP contribution is 2.29. The Hall–Kier alpha value is -1.16. The van der Waals surface area contributed by atoms with Crippen molar-refractivity contribution in [3.63, 3.8) is 0 Å². The van der Waals surface area contributed by atoms with Gasteiger partial charge in [0.2, 0.25) is 0 Å². The first kappa shape index (κ1) is 10.9. The number of aromatic nitrogens is 2. The van der Waals surface area contributed by atoms with Crippen LogP contribution in [0.25, 0.3) is 0 Å². The van der Waals surface area contributed by atoms with Gasteiger partial charge in [-0.1, -0.05) is 32.4 Å². The minimum atomic E-state index is -1.08. The summed E-state index contributed by atoms with van der Waals surface area (Å²) in [5.74, 6) is -1.08. The molecule has 0 aliphatic heterocycles. The molecule has 1 N–H and O–H groups in total. The first-order valence-corrected chi connectivity index (χ1v) is 4.46. The lowest BCUT2D eigenvalue weighted by atomic mass is 9.87. The molecule has 0 spiro atoms. The molecule has 0 fully saturated rings. The zero-order valence-electron chi connectivity index (χ0n) is 8.21. The molecular weight excluding hydrogens is 204 g/mol. The highest BCUT2D eigenvalue weighted by molar-refractivity contribution is 6.30. The van der Waals surface area contributed by atoms with Gasteiger partial charge in [0.05, 0.1) is 0 Å². The number of hydrogen-bond acceptors (Lipinski definition) is 3. The molecule has 1 aromatic rings. The third kappa shape index (κ3) is 2.01. The second-order valence-electron chi connectivity index (χ2n) is 3.94. The van der Waals surface area contributed by atoms with Gasteiger partial charge >= 0.3 is 5.97 Å². The molecule has 0 bridgehead atoms. The lowest BCUT2D eigenvalue weighted by Gasteiger charge is -2.20. The van der Waals surface area contributed by atoms with Gasteiger partial charge in [-0.2, -0.15) is 0 Å². The van der Waals surface area contributed by atoms with Gasteiger partial charge in [-0.15, -0.1) is 0 Å². The van der Waals surface area contributed by atoms with E-state index in [9.17, 15) is 4.79 Å². The number of nitrogens with zero attached hydrogens (tertiary/aromatic N) is 2. The van der Waals surface area contributed by atoms with E-state index in [1.807, 2.05) is 20.8 Å². The van der Waals surface area contributed by atoms with E-state index in [2.05, 4.69) is 9.97 Å². The predicted octanol–water partition coefficient (Wildman–Crippen LogP) is 2.13. The third-order valence-electron chi connectivity index (χ3n) is 1.75. The van der Waals surface area contributed by atoms with E-state index in [-0.39, 0.29) is 16.3 Å². The Balaban J connectivity index is 3.45. The monoisotopic (exact) mass is 214 g/mol. The number of hydrogen-bond donors (Lipinski definition) is 1. The quantitative estimate of drug-likeness (QED) is 0.728. The van der Waals surface area contributed by atoms with Gasteiger partial charge < -0.3 is 5.11 Å². The Morgan fingerprint density at radius 1 is 1.43 bits per heavy atom. The van der Waals surface area contributed by atoms with Crippen LogP contribution in [0.5, 0.6) is 0 Å². The molecule has 0 aliphatic carbocycles. The Bertz CT molecular complexity index is 372. The van der Waals surface area contributed by atoms with Gasteiger partial charge in [0, 0.05) is 5.56 Å². The van der Waals surface area contributed by atoms with Crippen LogP contribution in [0.15, 0.2) is 6.33 Å². The predicted molar refractivity (Wildman–Crippen MR) is 52.7 cm³/mol. The zero-order valence-corrected chi connectivity index (χ0v) is 8.96. The zero-order chi connectivity index (χ0) is 10.9. The van der Waals surface area contributed by atoms with E-state index < -0.39 is 5.97 Å². The number of halogens is 1. The SMILES string of the molecule is CC(C)(C)c1c(Cl)ncnc1C(=O)O. The van der Waals surface area contributed by atoms with Crippen LogP contribution in [0.2, 0.25) is 5.15 Å². The van der Waals surface area contributed by atoms with Gasteiger partial charge in [0.1, 0.15) is 11.5 Å². The van der Waals surface area contributed by atoms with E-state index >= 15 is 0 Å². The lowest BCUT2D eigenvalue weighted by molar-refractivity contribution is 0.0687. The first-order valence-electron chi connectivity index (χ1n) is 4.08. The molecule has 0 atom stereocenters. The van der Waals surface area contributed by atoms with Crippen molar-refractivity contribution in [1.82, 2.24) is 9.97 Å². The fourth-order valence-corrected chi connectivity index (χ4v) is 1.61. The van der Waals surface area contributed by atoms with Gasteiger partial charge in [0.25, 0.3) is 0 Å². The number of carbonyl (C=O) groups is 1.